The highest BCUT2D eigenvalue weighted by molar-refractivity contribution is 7.80. The number of anilines is 1. The lowest BCUT2D eigenvalue weighted by Crippen LogP contribution is -2.24. The predicted octanol–water partition coefficient (Wildman–Crippen LogP) is 0.516. The average molecular weight is 273 g/mol. The molecule has 2 rings (SSSR count). The maximum Gasteiger partial charge on any atom is 0.106 e. The van der Waals surface area contributed by atoms with Crippen molar-refractivity contribution in [3.05, 3.63) is 28.8 Å². The summed E-state index contributed by atoms with van der Waals surface area (Å²) in [7, 11) is 0. The Hall–Kier alpha value is -0.880. The summed E-state index contributed by atoms with van der Waals surface area (Å²) in [5, 5.41) is 19.6. The molecule has 4 N–H and O–H groups in total. The molecule has 92 valence electrons. The van der Waals surface area contributed by atoms with Crippen LogP contribution in [0.1, 0.15) is 5.56 Å². The van der Waals surface area contributed by atoms with Crippen molar-refractivity contribution in [2.75, 3.05) is 18.0 Å². The summed E-state index contributed by atoms with van der Waals surface area (Å²) in [6.45, 7) is 0.689. The second-order valence-corrected chi connectivity index (χ2v) is 4.94. The third kappa shape index (κ3) is 2.52. The largest absolute Gasteiger partial charge is 0.389 e. The van der Waals surface area contributed by atoms with Crippen LogP contribution in [0.2, 0.25) is 5.02 Å². The molecule has 1 heterocycles. The van der Waals surface area contributed by atoms with E-state index in [9.17, 15) is 10.2 Å². The molecule has 1 aromatic carbocycles. The third-order valence-corrected chi connectivity index (χ3v) is 3.28. The van der Waals surface area contributed by atoms with E-state index in [4.69, 9.17) is 29.6 Å². The molecule has 1 fully saturated rings. The highest BCUT2D eigenvalue weighted by Crippen LogP contribution is 2.28. The first-order valence-electron chi connectivity index (χ1n) is 5.19. The van der Waals surface area contributed by atoms with Gasteiger partial charge in [-0.25, -0.2) is 0 Å². The molecule has 0 bridgehead atoms. The summed E-state index contributed by atoms with van der Waals surface area (Å²) in [5.41, 5.74) is 7.09. The van der Waals surface area contributed by atoms with Gasteiger partial charge in [0.05, 0.1) is 12.2 Å². The van der Waals surface area contributed by atoms with E-state index in [1.807, 2.05) is 4.90 Å². The summed E-state index contributed by atoms with van der Waals surface area (Å²) < 4.78 is 0. The molecule has 0 saturated carbocycles. The maximum absolute atomic E-state index is 9.54. The Labute approximate surface area is 110 Å². The van der Waals surface area contributed by atoms with Crippen LogP contribution in [0.5, 0.6) is 0 Å². The third-order valence-electron chi connectivity index (χ3n) is 2.82. The van der Waals surface area contributed by atoms with Gasteiger partial charge in [0.2, 0.25) is 0 Å². The van der Waals surface area contributed by atoms with E-state index in [0.717, 1.165) is 5.69 Å². The van der Waals surface area contributed by atoms with Crippen LogP contribution >= 0.6 is 23.8 Å². The van der Waals surface area contributed by atoms with Crippen LogP contribution in [-0.2, 0) is 0 Å². The quantitative estimate of drug-likeness (QED) is 0.685. The van der Waals surface area contributed by atoms with Crippen LogP contribution in [0.25, 0.3) is 0 Å². The summed E-state index contributed by atoms with van der Waals surface area (Å²) in [6, 6.07) is 5.19. The molecular formula is C11H13ClN2O2S. The monoisotopic (exact) mass is 272 g/mol. The van der Waals surface area contributed by atoms with E-state index < -0.39 is 12.2 Å². The predicted molar refractivity (Wildman–Crippen MR) is 71.6 cm³/mol. The number of nitrogens with zero attached hydrogens (tertiary/aromatic N) is 1. The number of nitrogens with two attached hydrogens (primary N) is 1. The SMILES string of the molecule is NC(=S)c1ccc(Cl)cc1N1CC(O)C(O)C1. The fourth-order valence-electron chi connectivity index (χ4n) is 1.94. The van der Waals surface area contributed by atoms with Gasteiger partial charge in [-0.2, -0.15) is 0 Å². The van der Waals surface area contributed by atoms with Crippen molar-refractivity contribution in [2.24, 2.45) is 5.73 Å². The fourth-order valence-corrected chi connectivity index (χ4v) is 2.28. The molecule has 1 aliphatic rings. The minimum absolute atomic E-state index is 0.271. The van der Waals surface area contributed by atoms with Crippen molar-refractivity contribution in [1.29, 1.82) is 0 Å². The highest BCUT2D eigenvalue weighted by atomic mass is 35.5. The van der Waals surface area contributed by atoms with Crippen LogP contribution in [-0.4, -0.2) is 40.5 Å². The first kappa shape index (κ1) is 12.6. The smallest absolute Gasteiger partial charge is 0.106 e. The minimum atomic E-state index is -0.756. The van der Waals surface area contributed by atoms with Crippen molar-refractivity contribution in [2.45, 2.75) is 12.2 Å². The van der Waals surface area contributed by atoms with Gasteiger partial charge in [0.25, 0.3) is 0 Å². The molecule has 0 aliphatic carbocycles. The van der Waals surface area contributed by atoms with Gasteiger partial charge in [0.15, 0.2) is 0 Å². The summed E-state index contributed by atoms with van der Waals surface area (Å²) >= 11 is 10.9. The number of hydrogen-bond donors (Lipinski definition) is 3. The van der Waals surface area contributed by atoms with Gasteiger partial charge < -0.3 is 20.8 Å². The van der Waals surface area contributed by atoms with Gasteiger partial charge in [0.1, 0.15) is 4.99 Å². The van der Waals surface area contributed by atoms with E-state index in [0.29, 0.717) is 23.7 Å². The number of rotatable bonds is 2. The Bertz CT molecular complexity index is 445. The first-order chi connectivity index (χ1) is 7.99. The molecule has 4 nitrogen and oxygen atoms in total. The van der Waals surface area contributed by atoms with Crippen LogP contribution in [0.3, 0.4) is 0 Å². The number of benzene rings is 1. The first-order valence-corrected chi connectivity index (χ1v) is 5.98. The molecule has 17 heavy (non-hydrogen) atoms. The number of halogens is 1. The molecule has 1 aliphatic heterocycles. The number of aliphatic hydroxyl groups excluding tert-OH is 2. The molecule has 2 atom stereocenters. The maximum atomic E-state index is 9.54. The standard InChI is InChI=1S/C11H13ClN2O2S/c12-6-1-2-7(11(13)17)8(3-6)14-4-9(15)10(16)5-14/h1-3,9-10,15-16H,4-5H2,(H2,13,17). The number of hydrogen-bond acceptors (Lipinski definition) is 4. The molecule has 0 radical (unpaired) electrons. The normalized spacial score (nSPS) is 24.1. The Morgan fingerprint density at radius 2 is 1.94 bits per heavy atom. The summed E-state index contributed by atoms with van der Waals surface area (Å²) in [4.78, 5) is 2.10. The van der Waals surface area contributed by atoms with Gasteiger partial charge in [-0.05, 0) is 18.2 Å². The topological polar surface area (TPSA) is 69.7 Å². The molecule has 0 aromatic heterocycles. The van der Waals surface area contributed by atoms with E-state index in [1.54, 1.807) is 18.2 Å². The Balaban J connectivity index is 2.37. The van der Waals surface area contributed by atoms with Crippen LogP contribution < -0.4 is 10.6 Å². The molecule has 1 aromatic rings. The second kappa shape index (κ2) is 4.78. The van der Waals surface area contributed by atoms with Crippen molar-refractivity contribution in [3.8, 4) is 0 Å². The Kier molecular flexibility index (Phi) is 3.53. The minimum Gasteiger partial charge on any atom is -0.389 e. The van der Waals surface area contributed by atoms with Gasteiger partial charge in [-0.15, -0.1) is 0 Å². The lowest BCUT2D eigenvalue weighted by molar-refractivity contribution is 0.0572. The van der Waals surface area contributed by atoms with Crippen LogP contribution in [0, 0.1) is 0 Å². The van der Waals surface area contributed by atoms with E-state index in [1.165, 1.54) is 0 Å². The molecule has 6 heteroatoms. The van der Waals surface area contributed by atoms with Crippen molar-refractivity contribution >= 4 is 34.5 Å². The van der Waals surface area contributed by atoms with E-state index in [2.05, 4.69) is 0 Å². The lowest BCUT2D eigenvalue weighted by Gasteiger charge is -2.21. The zero-order chi connectivity index (χ0) is 12.6. The number of thiocarbonyl (C=S) groups is 1. The highest BCUT2D eigenvalue weighted by Gasteiger charge is 2.31. The molecule has 2 unspecified atom stereocenters. The lowest BCUT2D eigenvalue weighted by atomic mass is 10.1. The number of aliphatic hydroxyl groups is 2. The van der Waals surface area contributed by atoms with Crippen LogP contribution in [0.15, 0.2) is 18.2 Å². The van der Waals surface area contributed by atoms with Crippen molar-refractivity contribution in [1.82, 2.24) is 0 Å². The van der Waals surface area contributed by atoms with Crippen molar-refractivity contribution in [3.63, 3.8) is 0 Å². The van der Waals surface area contributed by atoms with Gasteiger partial charge in [-0.3, -0.25) is 0 Å². The molecule has 0 spiro atoms. The Morgan fingerprint density at radius 3 is 2.47 bits per heavy atom. The zero-order valence-electron chi connectivity index (χ0n) is 9.01. The van der Waals surface area contributed by atoms with E-state index in [-0.39, 0.29) is 4.99 Å². The van der Waals surface area contributed by atoms with Gasteiger partial charge in [-0.1, -0.05) is 23.8 Å². The number of β-amino-alcohol motifs (C(OH)–C–C–N with tert-alkyl or cyclic N) is 2. The molecule has 0 amide bonds. The fraction of sp³-hybridized carbons (Fsp3) is 0.364. The second-order valence-electron chi connectivity index (χ2n) is 4.07. The van der Waals surface area contributed by atoms with Crippen molar-refractivity contribution < 1.29 is 10.2 Å². The van der Waals surface area contributed by atoms with Crippen LogP contribution in [0.4, 0.5) is 5.69 Å². The Morgan fingerprint density at radius 1 is 1.35 bits per heavy atom. The molecule has 1 saturated heterocycles. The van der Waals surface area contributed by atoms with Gasteiger partial charge >= 0.3 is 0 Å². The zero-order valence-corrected chi connectivity index (χ0v) is 10.6. The molecular weight excluding hydrogens is 260 g/mol. The summed E-state index contributed by atoms with van der Waals surface area (Å²) in [6.07, 6.45) is -1.51. The average Bonchev–Trinajstić information content (AvgIpc) is 2.58. The van der Waals surface area contributed by atoms with E-state index >= 15 is 0 Å². The van der Waals surface area contributed by atoms with Gasteiger partial charge in [0, 0.05) is 29.4 Å². The summed E-state index contributed by atoms with van der Waals surface area (Å²) in [5.74, 6) is 0.